The van der Waals surface area contributed by atoms with E-state index in [2.05, 4.69) is 6.92 Å². The highest BCUT2D eigenvalue weighted by Crippen LogP contribution is 2.36. The van der Waals surface area contributed by atoms with Gasteiger partial charge in [0.25, 0.3) is 0 Å². The molecule has 0 aromatic rings. The van der Waals surface area contributed by atoms with Crippen molar-refractivity contribution in [1.29, 1.82) is 0 Å². The van der Waals surface area contributed by atoms with Gasteiger partial charge < -0.3 is 23.7 Å². The molecule has 0 radical (unpaired) electrons. The summed E-state index contributed by atoms with van der Waals surface area (Å²) < 4.78 is 29.3. The molecule has 3 saturated heterocycles. The molecule has 3 aliphatic heterocycles. The summed E-state index contributed by atoms with van der Waals surface area (Å²) in [5.74, 6) is 0. The van der Waals surface area contributed by atoms with E-state index in [1.54, 1.807) is 7.11 Å². The average molecular weight is 427 g/mol. The molecule has 3 heterocycles. The number of hydrogen-bond donors (Lipinski definition) is 0. The maximum Gasteiger partial charge on any atom is 0.146 e. The zero-order chi connectivity index (χ0) is 21.0. The van der Waals surface area contributed by atoms with Crippen LogP contribution in [0.1, 0.15) is 103 Å². The number of epoxide rings is 1. The lowest BCUT2D eigenvalue weighted by molar-refractivity contribution is -0.142. The van der Waals surface area contributed by atoms with Crippen LogP contribution in [0.25, 0.3) is 0 Å². The van der Waals surface area contributed by atoms with Crippen molar-refractivity contribution in [2.24, 2.45) is 0 Å². The Morgan fingerprint density at radius 2 is 1.30 bits per heavy atom. The Bertz CT molecular complexity index is 441. The van der Waals surface area contributed by atoms with Crippen molar-refractivity contribution in [3.05, 3.63) is 0 Å². The quantitative estimate of drug-likeness (QED) is 0.168. The van der Waals surface area contributed by atoms with E-state index < -0.39 is 0 Å². The van der Waals surface area contributed by atoms with Crippen LogP contribution in [0, 0.1) is 0 Å². The van der Waals surface area contributed by atoms with Gasteiger partial charge in [0, 0.05) is 7.11 Å². The predicted molar refractivity (Wildman–Crippen MR) is 119 cm³/mol. The Balaban J connectivity index is 1.28. The van der Waals surface area contributed by atoms with E-state index in [4.69, 9.17) is 23.7 Å². The van der Waals surface area contributed by atoms with Gasteiger partial charge in [-0.25, -0.2) is 0 Å². The van der Waals surface area contributed by atoms with Crippen LogP contribution in [0.3, 0.4) is 0 Å². The first-order valence-corrected chi connectivity index (χ1v) is 12.8. The molecule has 6 atom stereocenters. The molecule has 0 spiro atoms. The van der Waals surface area contributed by atoms with Crippen LogP contribution < -0.4 is 0 Å². The van der Waals surface area contributed by atoms with Gasteiger partial charge in [-0.2, -0.15) is 0 Å². The molecule has 3 aliphatic rings. The van der Waals surface area contributed by atoms with Gasteiger partial charge in [0.15, 0.2) is 0 Å². The monoisotopic (exact) mass is 426 g/mol. The molecule has 0 aromatic carbocycles. The van der Waals surface area contributed by atoms with E-state index in [-0.39, 0.29) is 24.4 Å². The van der Waals surface area contributed by atoms with E-state index >= 15 is 0 Å². The number of methoxy groups -OCH3 is 1. The Morgan fingerprint density at radius 3 is 1.93 bits per heavy atom. The minimum absolute atomic E-state index is 0.146. The standard InChI is InChI=1S/C25H46O5/c1-3-4-5-6-7-8-9-10-11-12-13-20(28-19-26-2)21-14-15-22(29-21)23-16-17-24(30-23)25-18-27-25/h20-25H,3-19H2,1-2H3/t20-,21+,22+,23+,24+,25-/m0/s1. The zero-order valence-electron chi connectivity index (χ0n) is 19.5. The van der Waals surface area contributed by atoms with Gasteiger partial charge in [0.2, 0.25) is 0 Å². The molecule has 30 heavy (non-hydrogen) atoms. The van der Waals surface area contributed by atoms with Gasteiger partial charge in [-0.1, -0.05) is 71.1 Å². The fourth-order valence-electron chi connectivity index (χ4n) is 5.11. The van der Waals surface area contributed by atoms with E-state index in [0.717, 1.165) is 38.7 Å². The molecule has 3 rings (SSSR count). The molecule has 3 fully saturated rings. The minimum Gasteiger partial charge on any atom is -0.370 e. The van der Waals surface area contributed by atoms with Crippen LogP contribution in [0.2, 0.25) is 0 Å². The highest BCUT2D eigenvalue weighted by atomic mass is 16.7. The predicted octanol–water partition coefficient (Wildman–Crippen LogP) is 5.78. The molecular formula is C25H46O5. The van der Waals surface area contributed by atoms with Crippen molar-refractivity contribution < 1.29 is 23.7 Å². The lowest BCUT2D eigenvalue weighted by atomic mass is 10.0. The average Bonchev–Trinajstić information content (AvgIpc) is 3.28. The summed E-state index contributed by atoms with van der Waals surface area (Å²) in [6, 6.07) is 0. The second-order valence-electron chi connectivity index (χ2n) is 9.53. The van der Waals surface area contributed by atoms with Crippen LogP contribution in [0.15, 0.2) is 0 Å². The Hall–Kier alpha value is -0.200. The highest BCUT2D eigenvalue weighted by Gasteiger charge is 2.44. The maximum atomic E-state index is 6.45. The Morgan fingerprint density at radius 1 is 0.733 bits per heavy atom. The SMILES string of the molecule is CCCCCCCCCCCC[C@H](OCOC)[C@H]1CC[C@H]([C@H]2CC[C@H]([C@@H]3CO3)O2)O1. The van der Waals surface area contributed by atoms with Crippen molar-refractivity contribution in [1.82, 2.24) is 0 Å². The molecule has 5 heteroatoms. The number of ether oxygens (including phenoxy) is 5. The molecular weight excluding hydrogens is 380 g/mol. The summed E-state index contributed by atoms with van der Waals surface area (Å²) in [7, 11) is 1.70. The molecule has 5 nitrogen and oxygen atoms in total. The van der Waals surface area contributed by atoms with Crippen molar-refractivity contribution in [2.45, 2.75) is 140 Å². The Kier molecular flexibility index (Phi) is 11.4. The van der Waals surface area contributed by atoms with Gasteiger partial charge in [-0.15, -0.1) is 0 Å². The minimum atomic E-state index is 0.146. The first-order chi connectivity index (χ1) is 14.8. The summed E-state index contributed by atoms with van der Waals surface area (Å²) in [4.78, 5) is 0. The van der Waals surface area contributed by atoms with Crippen molar-refractivity contribution >= 4 is 0 Å². The fourth-order valence-corrected chi connectivity index (χ4v) is 5.11. The molecule has 0 saturated carbocycles. The summed E-state index contributed by atoms with van der Waals surface area (Å²) in [5.41, 5.74) is 0. The fraction of sp³-hybridized carbons (Fsp3) is 1.00. The third kappa shape index (κ3) is 8.38. The number of unbranched alkanes of at least 4 members (excludes halogenated alkanes) is 9. The van der Waals surface area contributed by atoms with Gasteiger partial charge >= 0.3 is 0 Å². The molecule has 0 N–H and O–H groups in total. The second-order valence-corrected chi connectivity index (χ2v) is 9.53. The summed E-state index contributed by atoms with van der Waals surface area (Å²) >= 11 is 0. The lowest BCUT2D eigenvalue weighted by Gasteiger charge is -2.26. The number of rotatable bonds is 17. The van der Waals surface area contributed by atoms with Crippen LogP contribution in [-0.2, 0) is 23.7 Å². The van der Waals surface area contributed by atoms with Crippen molar-refractivity contribution in [2.75, 3.05) is 20.5 Å². The Labute approximate surface area is 184 Å². The maximum absolute atomic E-state index is 6.45. The van der Waals surface area contributed by atoms with E-state index in [1.807, 2.05) is 0 Å². The molecule has 0 bridgehead atoms. The first-order valence-electron chi connectivity index (χ1n) is 12.8. The molecule has 0 amide bonds. The van der Waals surface area contributed by atoms with Crippen LogP contribution in [-0.4, -0.2) is 57.1 Å². The smallest absolute Gasteiger partial charge is 0.146 e. The first kappa shape index (κ1) is 24.4. The van der Waals surface area contributed by atoms with Crippen LogP contribution in [0.4, 0.5) is 0 Å². The third-order valence-corrected chi connectivity index (χ3v) is 7.02. The van der Waals surface area contributed by atoms with Crippen LogP contribution >= 0.6 is 0 Å². The third-order valence-electron chi connectivity index (χ3n) is 7.02. The van der Waals surface area contributed by atoms with E-state index in [1.165, 1.54) is 64.2 Å². The second kappa shape index (κ2) is 14.1. The molecule has 176 valence electrons. The largest absolute Gasteiger partial charge is 0.370 e. The summed E-state index contributed by atoms with van der Waals surface area (Å²) in [6.07, 6.45) is 20.5. The van der Waals surface area contributed by atoms with Crippen molar-refractivity contribution in [3.8, 4) is 0 Å². The normalized spacial score (nSPS) is 32.0. The van der Waals surface area contributed by atoms with E-state index in [9.17, 15) is 0 Å². The van der Waals surface area contributed by atoms with Crippen molar-refractivity contribution in [3.63, 3.8) is 0 Å². The lowest BCUT2D eigenvalue weighted by Crippen LogP contribution is -2.33. The molecule has 0 unspecified atom stereocenters. The van der Waals surface area contributed by atoms with Gasteiger partial charge in [-0.05, 0) is 32.1 Å². The number of hydrogen-bond acceptors (Lipinski definition) is 5. The van der Waals surface area contributed by atoms with E-state index in [0.29, 0.717) is 19.0 Å². The van der Waals surface area contributed by atoms with Gasteiger partial charge in [-0.3, -0.25) is 0 Å². The summed E-state index contributed by atoms with van der Waals surface area (Å²) in [5, 5.41) is 0. The zero-order valence-corrected chi connectivity index (χ0v) is 19.5. The van der Waals surface area contributed by atoms with Gasteiger partial charge in [0.05, 0.1) is 37.1 Å². The molecule has 0 aromatic heterocycles. The van der Waals surface area contributed by atoms with Crippen LogP contribution in [0.5, 0.6) is 0 Å². The topological polar surface area (TPSA) is 49.5 Å². The molecule has 0 aliphatic carbocycles. The highest BCUT2D eigenvalue weighted by molar-refractivity contribution is 4.92. The summed E-state index contributed by atoms with van der Waals surface area (Å²) in [6.45, 7) is 3.51. The van der Waals surface area contributed by atoms with Gasteiger partial charge in [0.1, 0.15) is 12.9 Å².